The third-order valence-electron chi connectivity index (χ3n) is 4.56. The summed E-state index contributed by atoms with van der Waals surface area (Å²) in [7, 11) is 0. The van der Waals surface area contributed by atoms with Crippen LogP contribution in [0.4, 0.5) is 5.69 Å². The first-order valence-electron chi connectivity index (χ1n) is 8.47. The standard InChI is InChI=1S/C20H26N2.ClH/c1-2-21-13-8-14-22(19-11-4-3-5-12-19)20-15-17-9-6-7-10-18(17)16-20;/h3-7,9-12,20-21H,2,8,13-16H2,1H3;1H. The number of fused-ring (bicyclic) bond motifs is 1. The maximum Gasteiger partial charge on any atom is 0.0370 e. The minimum Gasteiger partial charge on any atom is -0.368 e. The molecule has 0 bridgehead atoms. The Bertz CT molecular complexity index is 560. The van der Waals surface area contributed by atoms with Gasteiger partial charge < -0.3 is 10.2 Å². The molecule has 0 unspecified atom stereocenters. The monoisotopic (exact) mass is 330 g/mol. The smallest absolute Gasteiger partial charge is 0.0370 e. The summed E-state index contributed by atoms with van der Waals surface area (Å²) in [6.45, 7) is 5.44. The molecule has 0 spiro atoms. The molecule has 2 aromatic rings. The molecule has 23 heavy (non-hydrogen) atoms. The summed E-state index contributed by atoms with van der Waals surface area (Å²) in [6.07, 6.45) is 3.54. The topological polar surface area (TPSA) is 15.3 Å². The summed E-state index contributed by atoms with van der Waals surface area (Å²) < 4.78 is 0. The van der Waals surface area contributed by atoms with E-state index in [2.05, 4.69) is 71.7 Å². The SMILES string of the molecule is CCNCCCN(c1ccccc1)C1Cc2ccccc2C1.Cl. The average molecular weight is 331 g/mol. The number of anilines is 1. The van der Waals surface area contributed by atoms with E-state index in [9.17, 15) is 0 Å². The molecule has 0 saturated carbocycles. The van der Waals surface area contributed by atoms with Crippen molar-refractivity contribution < 1.29 is 0 Å². The summed E-state index contributed by atoms with van der Waals surface area (Å²) in [5, 5.41) is 3.44. The van der Waals surface area contributed by atoms with Crippen LogP contribution in [0.5, 0.6) is 0 Å². The van der Waals surface area contributed by atoms with E-state index in [0.29, 0.717) is 6.04 Å². The molecule has 124 valence electrons. The van der Waals surface area contributed by atoms with Gasteiger partial charge in [0.05, 0.1) is 0 Å². The van der Waals surface area contributed by atoms with Crippen LogP contribution in [-0.2, 0) is 12.8 Å². The maximum atomic E-state index is 3.44. The van der Waals surface area contributed by atoms with Crippen LogP contribution >= 0.6 is 12.4 Å². The van der Waals surface area contributed by atoms with Crippen LogP contribution < -0.4 is 10.2 Å². The van der Waals surface area contributed by atoms with Crippen molar-refractivity contribution >= 4 is 18.1 Å². The van der Waals surface area contributed by atoms with E-state index >= 15 is 0 Å². The van der Waals surface area contributed by atoms with Crippen LogP contribution in [0.3, 0.4) is 0 Å². The molecular formula is C20H27ClN2. The highest BCUT2D eigenvalue weighted by atomic mass is 35.5. The largest absolute Gasteiger partial charge is 0.368 e. The Morgan fingerprint density at radius 3 is 2.17 bits per heavy atom. The van der Waals surface area contributed by atoms with Crippen molar-refractivity contribution in [2.24, 2.45) is 0 Å². The highest BCUT2D eigenvalue weighted by Gasteiger charge is 2.26. The Morgan fingerprint density at radius 1 is 0.957 bits per heavy atom. The van der Waals surface area contributed by atoms with E-state index in [1.165, 1.54) is 36.1 Å². The van der Waals surface area contributed by atoms with Crippen LogP contribution in [0.2, 0.25) is 0 Å². The summed E-state index contributed by atoms with van der Waals surface area (Å²) in [4.78, 5) is 2.61. The Hall–Kier alpha value is -1.51. The van der Waals surface area contributed by atoms with Gasteiger partial charge in [0.1, 0.15) is 0 Å². The minimum absolute atomic E-state index is 0. The molecule has 1 aliphatic carbocycles. The van der Waals surface area contributed by atoms with Crippen LogP contribution in [0.25, 0.3) is 0 Å². The van der Waals surface area contributed by atoms with Gasteiger partial charge >= 0.3 is 0 Å². The third kappa shape index (κ3) is 4.49. The van der Waals surface area contributed by atoms with E-state index in [1.807, 2.05) is 0 Å². The minimum atomic E-state index is 0. The number of rotatable bonds is 7. The summed E-state index contributed by atoms with van der Waals surface area (Å²) in [5.41, 5.74) is 4.41. The fourth-order valence-electron chi connectivity index (χ4n) is 3.45. The molecule has 1 aliphatic rings. The van der Waals surface area contributed by atoms with E-state index in [4.69, 9.17) is 0 Å². The highest BCUT2D eigenvalue weighted by Crippen LogP contribution is 2.28. The molecule has 0 aliphatic heterocycles. The van der Waals surface area contributed by atoms with Gasteiger partial charge in [-0.1, -0.05) is 49.4 Å². The van der Waals surface area contributed by atoms with Gasteiger partial charge in [-0.05, 0) is 55.6 Å². The second-order valence-corrected chi connectivity index (χ2v) is 6.07. The molecule has 2 nitrogen and oxygen atoms in total. The first-order chi connectivity index (χ1) is 10.9. The Morgan fingerprint density at radius 2 is 1.57 bits per heavy atom. The van der Waals surface area contributed by atoms with Crippen LogP contribution in [-0.4, -0.2) is 25.7 Å². The van der Waals surface area contributed by atoms with Gasteiger partial charge in [-0.25, -0.2) is 0 Å². The number of hydrogen-bond acceptors (Lipinski definition) is 2. The van der Waals surface area contributed by atoms with Gasteiger partial charge in [0.15, 0.2) is 0 Å². The predicted molar refractivity (Wildman–Crippen MR) is 102 cm³/mol. The van der Waals surface area contributed by atoms with Crippen molar-refractivity contribution in [1.82, 2.24) is 5.32 Å². The highest BCUT2D eigenvalue weighted by molar-refractivity contribution is 5.85. The second kappa shape index (κ2) is 8.95. The number of halogens is 1. The third-order valence-corrected chi connectivity index (χ3v) is 4.56. The van der Waals surface area contributed by atoms with Crippen LogP contribution in [0.1, 0.15) is 24.5 Å². The molecule has 0 atom stereocenters. The number of nitrogens with one attached hydrogen (secondary N) is 1. The molecule has 0 aromatic heterocycles. The summed E-state index contributed by atoms with van der Waals surface area (Å²) >= 11 is 0. The van der Waals surface area contributed by atoms with Crippen molar-refractivity contribution in [3.05, 3.63) is 65.7 Å². The van der Waals surface area contributed by atoms with E-state index in [0.717, 1.165) is 19.6 Å². The Labute approximate surface area is 146 Å². The molecule has 0 radical (unpaired) electrons. The molecule has 0 fully saturated rings. The fourth-order valence-corrected chi connectivity index (χ4v) is 3.45. The van der Waals surface area contributed by atoms with Crippen molar-refractivity contribution in [3.8, 4) is 0 Å². The van der Waals surface area contributed by atoms with E-state index in [-0.39, 0.29) is 12.4 Å². The molecular weight excluding hydrogens is 304 g/mol. The van der Waals surface area contributed by atoms with Crippen molar-refractivity contribution in [2.45, 2.75) is 32.2 Å². The van der Waals surface area contributed by atoms with E-state index in [1.54, 1.807) is 0 Å². The number of nitrogens with zero attached hydrogens (tertiary/aromatic N) is 1. The predicted octanol–water partition coefficient (Wildman–Crippen LogP) is 4.08. The maximum absolute atomic E-state index is 3.44. The lowest BCUT2D eigenvalue weighted by Gasteiger charge is -2.31. The molecule has 2 aromatic carbocycles. The fraction of sp³-hybridized carbons (Fsp3) is 0.400. The molecule has 3 heteroatoms. The lowest BCUT2D eigenvalue weighted by molar-refractivity contribution is 0.581. The Kier molecular flexibility index (Phi) is 6.94. The average Bonchev–Trinajstić information content (AvgIpc) is 2.99. The van der Waals surface area contributed by atoms with Crippen molar-refractivity contribution in [2.75, 3.05) is 24.5 Å². The summed E-state index contributed by atoms with van der Waals surface area (Å²) in [6, 6.07) is 20.4. The summed E-state index contributed by atoms with van der Waals surface area (Å²) in [5.74, 6) is 0. The zero-order valence-corrected chi connectivity index (χ0v) is 14.7. The van der Waals surface area contributed by atoms with Gasteiger partial charge in [-0.3, -0.25) is 0 Å². The van der Waals surface area contributed by atoms with Crippen LogP contribution in [0.15, 0.2) is 54.6 Å². The lowest BCUT2D eigenvalue weighted by atomic mass is 10.1. The molecule has 0 saturated heterocycles. The quantitative estimate of drug-likeness (QED) is 0.769. The lowest BCUT2D eigenvalue weighted by Crippen LogP contribution is -2.37. The van der Waals surface area contributed by atoms with Crippen molar-refractivity contribution in [1.29, 1.82) is 0 Å². The van der Waals surface area contributed by atoms with Gasteiger partial charge in [-0.15, -0.1) is 12.4 Å². The number of para-hydroxylation sites is 1. The molecule has 0 amide bonds. The molecule has 3 rings (SSSR count). The number of benzene rings is 2. The van der Waals surface area contributed by atoms with Crippen LogP contribution in [0, 0.1) is 0 Å². The number of hydrogen-bond donors (Lipinski definition) is 1. The first kappa shape index (κ1) is 17.8. The van der Waals surface area contributed by atoms with Gasteiger partial charge in [0, 0.05) is 18.3 Å². The van der Waals surface area contributed by atoms with Gasteiger partial charge in [0.25, 0.3) is 0 Å². The zero-order chi connectivity index (χ0) is 15.2. The molecule has 0 heterocycles. The second-order valence-electron chi connectivity index (χ2n) is 6.07. The van der Waals surface area contributed by atoms with Gasteiger partial charge in [-0.2, -0.15) is 0 Å². The van der Waals surface area contributed by atoms with Gasteiger partial charge in [0.2, 0.25) is 0 Å². The first-order valence-corrected chi connectivity index (χ1v) is 8.47. The van der Waals surface area contributed by atoms with E-state index < -0.39 is 0 Å². The molecule has 1 N–H and O–H groups in total. The normalized spacial score (nSPS) is 13.4. The Balaban J connectivity index is 0.00000192. The zero-order valence-electron chi connectivity index (χ0n) is 13.9. The van der Waals surface area contributed by atoms with Crippen molar-refractivity contribution in [3.63, 3.8) is 0 Å².